The Labute approximate surface area is 132 Å². The zero-order valence-electron chi connectivity index (χ0n) is 10.7. The summed E-state index contributed by atoms with van der Waals surface area (Å²) in [5.41, 5.74) is 1.76. The van der Waals surface area contributed by atoms with Gasteiger partial charge in [0.2, 0.25) is 3.79 Å². The Hall–Kier alpha value is 0.1000. The summed E-state index contributed by atoms with van der Waals surface area (Å²) in [7, 11) is 0. The molecule has 0 saturated heterocycles. The molecule has 1 N–H and O–H groups in total. The minimum Gasteiger partial charge on any atom is -0.438 e. The summed E-state index contributed by atoms with van der Waals surface area (Å²) in [5.74, 6) is 0. The van der Waals surface area contributed by atoms with Crippen LogP contribution in [0.3, 0.4) is 0 Å². The fourth-order valence-corrected chi connectivity index (χ4v) is 1.94. The fourth-order valence-electron chi connectivity index (χ4n) is 1.51. The molecule has 0 spiro atoms. The van der Waals surface area contributed by atoms with Crippen molar-refractivity contribution in [3.8, 4) is 0 Å². The number of hydrogen-bond donors (Lipinski definition) is 1. The van der Waals surface area contributed by atoms with Crippen molar-refractivity contribution in [3.63, 3.8) is 0 Å². The first-order valence-corrected chi connectivity index (χ1v) is 7.47. The lowest BCUT2D eigenvalue weighted by molar-refractivity contribution is 0.0419. The van der Waals surface area contributed by atoms with Crippen molar-refractivity contribution >= 4 is 58.2 Å². The van der Waals surface area contributed by atoms with E-state index >= 15 is 0 Å². The number of alkyl halides is 4. The van der Waals surface area contributed by atoms with E-state index in [0.717, 1.165) is 31.4 Å². The topological polar surface area (TPSA) is 50.7 Å². The Morgan fingerprint density at radius 3 is 2.53 bits per heavy atom. The predicted molar refractivity (Wildman–Crippen MR) is 79.5 cm³/mol. The fraction of sp³-hybridized carbons (Fsp3) is 0.818. The molecule has 1 aliphatic carbocycles. The second kappa shape index (κ2) is 6.70. The summed E-state index contributed by atoms with van der Waals surface area (Å²) in [4.78, 5) is 11.6. The van der Waals surface area contributed by atoms with E-state index in [4.69, 9.17) is 51.1 Å². The summed E-state index contributed by atoms with van der Waals surface area (Å²) >= 11 is 23.2. The van der Waals surface area contributed by atoms with Crippen LogP contribution in [-0.2, 0) is 4.74 Å². The number of nitrogens with zero attached hydrogens (tertiary/aromatic N) is 1. The van der Waals surface area contributed by atoms with Crippen LogP contribution in [0.15, 0.2) is 5.10 Å². The van der Waals surface area contributed by atoms with Crippen LogP contribution in [0.2, 0.25) is 0 Å². The molecule has 1 aliphatic rings. The summed E-state index contributed by atoms with van der Waals surface area (Å²) in [5, 5.41) is 3.82. The number of amides is 1. The smallest absolute Gasteiger partial charge is 0.428 e. The first-order chi connectivity index (χ1) is 8.63. The van der Waals surface area contributed by atoms with E-state index < -0.39 is 15.5 Å². The molecule has 0 aromatic rings. The standard InChI is InChI=1S/C11H16Cl4N2O2/c1-10(2,11(13,14)15)19-9(18)17-16-8-6-4-3-5-7(8)12/h7H,3-6H2,1-2H3,(H,17,18)/b16-8+. The van der Waals surface area contributed by atoms with Crippen molar-refractivity contribution in [2.24, 2.45) is 5.10 Å². The second-order valence-corrected chi connectivity index (χ2v) is 7.63. The molecular weight excluding hydrogens is 334 g/mol. The summed E-state index contributed by atoms with van der Waals surface area (Å²) in [6.45, 7) is 3.00. The molecule has 19 heavy (non-hydrogen) atoms. The number of hydrogen-bond acceptors (Lipinski definition) is 3. The van der Waals surface area contributed by atoms with Gasteiger partial charge in [-0.3, -0.25) is 0 Å². The maximum absolute atomic E-state index is 11.6. The first kappa shape index (κ1) is 17.2. The highest BCUT2D eigenvalue weighted by Gasteiger charge is 2.44. The third-order valence-corrected chi connectivity index (χ3v) is 4.66. The number of ether oxygens (including phenoxy) is 1. The molecule has 8 heteroatoms. The quantitative estimate of drug-likeness (QED) is 0.593. The zero-order chi connectivity index (χ0) is 14.7. The van der Waals surface area contributed by atoms with Crippen LogP contribution in [-0.4, -0.2) is 26.6 Å². The van der Waals surface area contributed by atoms with E-state index in [1.165, 1.54) is 13.8 Å². The molecule has 4 nitrogen and oxygen atoms in total. The molecule has 0 heterocycles. The van der Waals surface area contributed by atoms with Gasteiger partial charge in [-0.2, -0.15) is 5.10 Å². The lowest BCUT2D eigenvalue weighted by Crippen LogP contribution is -2.43. The van der Waals surface area contributed by atoms with Crippen LogP contribution in [0.5, 0.6) is 0 Å². The van der Waals surface area contributed by atoms with E-state index in [1.54, 1.807) is 0 Å². The molecule has 0 aromatic heterocycles. The number of carbonyl (C=O) groups is 1. The van der Waals surface area contributed by atoms with Crippen molar-refractivity contribution in [1.29, 1.82) is 0 Å². The molecule has 0 aliphatic heterocycles. The Morgan fingerprint density at radius 2 is 2.00 bits per heavy atom. The SMILES string of the molecule is CC(C)(OC(=O)N/N=C1\CCCCC1Cl)C(Cl)(Cl)Cl. The van der Waals surface area contributed by atoms with Gasteiger partial charge in [-0.25, -0.2) is 10.2 Å². The minimum absolute atomic E-state index is 0.143. The Bertz CT molecular complexity index is 366. The van der Waals surface area contributed by atoms with Crippen LogP contribution in [0, 0.1) is 0 Å². The third-order valence-electron chi connectivity index (χ3n) is 2.82. The number of halogens is 4. The van der Waals surface area contributed by atoms with Crippen LogP contribution in [0.4, 0.5) is 4.79 Å². The first-order valence-electron chi connectivity index (χ1n) is 5.90. The maximum atomic E-state index is 11.6. The largest absolute Gasteiger partial charge is 0.438 e. The van der Waals surface area contributed by atoms with Gasteiger partial charge >= 0.3 is 6.09 Å². The molecule has 1 saturated carbocycles. The van der Waals surface area contributed by atoms with E-state index in [1.807, 2.05) is 0 Å². The second-order valence-electron chi connectivity index (χ2n) is 4.83. The average Bonchev–Trinajstić information content (AvgIpc) is 2.26. The Kier molecular flexibility index (Phi) is 6.05. The molecule has 1 rings (SSSR count). The van der Waals surface area contributed by atoms with Gasteiger partial charge in [0.15, 0.2) is 5.60 Å². The number of hydrazone groups is 1. The van der Waals surface area contributed by atoms with Gasteiger partial charge in [-0.05, 0) is 33.1 Å². The van der Waals surface area contributed by atoms with Crippen LogP contribution in [0.1, 0.15) is 39.5 Å². The predicted octanol–water partition coefficient (Wildman–Crippen LogP) is 4.40. The van der Waals surface area contributed by atoms with E-state index in [-0.39, 0.29) is 5.38 Å². The van der Waals surface area contributed by atoms with Gasteiger partial charge in [0.1, 0.15) is 0 Å². The summed E-state index contributed by atoms with van der Waals surface area (Å²) in [6.07, 6.45) is 2.92. The maximum Gasteiger partial charge on any atom is 0.428 e. The molecule has 0 aromatic carbocycles. The van der Waals surface area contributed by atoms with Gasteiger partial charge in [-0.15, -0.1) is 11.6 Å². The molecule has 1 fully saturated rings. The normalized spacial score (nSPS) is 23.3. The van der Waals surface area contributed by atoms with E-state index in [0.29, 0.717) is 0 Å². The van der Waals surface area contributed by atoms with Crippen LogP contribution < -0.4 is 5.43 Å². The van der Waals surface area contributed by atoms with Crippen molar-refractivity contribution in [2.75, 3.05) is 0 Å². The monoisotopic (exact) mass is 348 g/mol. The summed E-state index contributed by atoms with van der Waals surface area (Å²) in [6, 6.07) is 0. The number of rotatable bonds is 2. The van der Waals surface area contributed by atoms with Gasteiger partial charge < -0.3 is 4.74 Å². The molecule has 0 radical (unpaired) electrons. The molecular formula is C11H16Cl4N2O2. The highest BCUT2D eigenvalue weighted by atomic mass is 35.6. The van der Waals surface area contributed by atoms with Gasteiger partial charge in [0.25, 0.3) is 0 Å². The Balaban J connectivity index is 2.54. The van der Waals surface area contributed by atoms with Crippen LogP contribution in [0.25, 0.3) is 0 Å². The highest BCUT2D eigenvalue weighted by Crippen LogP contribution is 2.40. The van der Waals surface area contributed by atoms with Crippen molar-refractivity contribution in [3.05, 3.63) is 0 Å². The number of carbonyl (C=O) groups excluding carboxylic acids is 1. The van der Waals surface area contributed by atoms with Gasteiger partial charge in [0.05, 0.1) is 11.1 Å². The molecule has 1 atom stereocenters. The molecule has 0 bridgehead atoms. The Morgan fingerprint density at radius 1 is 1.37 bits per heavy atom. The van der Waals surface area contributed by atoms with E-state index in [9.17, 15) is 4.79 Å². The lowest BCUT2D eigenvalue weighted by Gasteiger charge is -2.31. The van der Waals surface area contributed by atoms with Crippen molar-refractivity contribution in [2.45, 2.75) is 54.3 Å². The lowest BCUT2D eigenvalue weighted by atomic mass is 9.98. The molecule has 1 unspecified atom stereocenters. The van der Waals surface area contributed by atoms with Gasteiger partial charge in [-0.1, -0.05) is 41.2 Å². The van der Waals surface area contributed by atoms with Crippen LogP contribution >= 0.6 is 46.4 Å². The minimum atomic E-state index is -1.72. The van der Waals surface area contributed by atoms with Crippen molar-refractivity contribution in [1.82, 2.24) is 5.43 Å². The third kappa shape index (κ3) is 5.18. The molecule has 1 amide bonds. The zero-order valence-corrected chi connectivity index (χ0v) is 13.7. The van der Waals surface area contributed by atoms with E-state index in [2.05, 4.69) is 10.5 Å². The average molecular weight is 350 g/mol. The van der Waals surface area contributed by atoms with Gasteiger partial charge in [0, 0.05) is 0 Å². The highest BCUT2D eigenvalue weighted by molar-refractivity contribution is 6.68. The number of nitrogens with one attached hydrogen (secondary N) is 1. The van der Waals surface area contributed by atoms with Crippen molar-refractivity contribution < 1.29 is 9.53 Å². The molecule has 110 valence electrons. The summed E-state index contributed by atoms with van der Waals surface area (Å²) < 4.78 is 3.31.